The highest BCUT2D eigenvalue weighted by Gasteiger charge is 2.15. The van der Waals surface area contributed by atoms with Crippen LogP contribution >= 0.6 is 11.6 Å². The predicted molar refractivity (Wildman–Crippen MR) is 93.5 cm³/mol. The Kier molecular flexibility index (Phi) is 4.50. The normalized spacial score (nSPS) is 10.4. The van der Waals surface area contributed by atoms with Gasteiger partial charge in [-0.05, 0) is 30.2 Å². The Labute approximate surface area is 141 Å². The molecule has 0 spiro atoms. The summed E-state index contributed by atoms with van der Waals surface area (Å²) in [6.45, 7) is 4.11. The van der Waals surface area contributed by atoms with E-state index in [1.807, 2.05) is 54.6 Å². The van der Waals surface area contributed by atoms with Gasteiger partial charge in [0.2, 0.25) is 5.76 Å². The maximum atomic E-state index is 5.90. The number of nitrogens with zero attached hydrogens (tertiary/aromatic N) is 1. The molecule has 0 saturated carbocycles. The van der Waals surface area contributed by atoms with E-state index in [0.29, 0.717) is 16.7 Å². The minimum Gasteiger partial charge on any atom is -0.431 e. The van der Waals surface area contributed by atoms with Crippen LogP contribution in [0.2, 0.25) is 5.02 Å². The molecular weight excluding hydrogens is 306 g/mol. The summed E-state index contributed by atoms with van der Waals surface area (Å²) < 4.78 is 5.87. The van der Waals surface area contributed by atoms with Crippen molar-refractivity contribution in [2.45, 2.75) is 19.8 Å². The number of benzene rings is 2. The molecule has 0 aliphatic rings. The van der Waals surface area contributed by atoms with Crippen molar-refractivity contribution in [1.29, 1.82) is 0 Å². The fourth-order valence-corrected chi connectivity index (χ4v) is 2.25. The molecule has 3 aromatic rings. The van der Waals surface area contributed by atoms with Gasteiger partial charge in [-0.15, -0.1) is 0 Å². The number of oxazole rings is 1. The second kappa shape index (κ2) is 6.73. The SMILES string of the molecule is CC(C)c1nc(-c2ccccc2)c(C#Cc2ccc(Cl)cc2)o1. The smallest absolute Gasteiger partial charge is 0.205 e. The van der Waals surface area contributed by atoms with Crippen molar-refractivity contribution < 1.29 is 4.42 Å². The summed E-state index contributed by atoms with van der Waals surface area (Å²) >= 11 is 5.90. The maximum absolute atomic E-state index is 5.90. The molecule has 0 N–H and O–H groups in total. The Morgan fingerprint density at radius 2 is 1.65 bits per heavy atom. The lowest BCUT2D eigenvalue weighted by molar-refractivity contribution is 0.463. The van der Waals surface area contributed by atoms with Gasteiger partial charge in [-0.25, -0.2) is 4.98 Å². The number of halogens is 1. The van der Waals surface area contributed by atoms with Crippen LogP contribution in [0, 0.1) is 11.8 Å². The van der Waals surface area contributed by atoms with Gasteiger partial charge in [-0.2, -0.15) is 0 Å². The minimum atomic E-state index is 0.212. The standard InChI is InChI=1S/C20H16ClNO/c1-14(2)20-22-19(16-6-4-3-5-7-16)18(23-20)13-10-15-8-11-17(21)12-9-15/h3-9,11-12,14H,1-2H3. The van der Waals surface area contributed by atoms with Crippen LogP contribution < -0.4 is 0 Å². The van der Waals surface area contributed by atoms with Crippen LogP contribution in [-0.4, -0.2) is 4.98 Å². The highest BCUT2D eigenvalue weighted by Crippen LogP contribution is 2.26. The molecule has 0 bridgehead atoms. The lowest BCUT2D eigenvalue weighted by Crippen LogP contribution is -1.86. The topological polar surface area (TPSA) is 26.0 Å². The molecule has 0 fully saturated rings. The zero-order valence-electron chi connectivity index (χ0n) is 13.0. The molecule has 0 amide bonds. The van der Waals surface area contributed by atoms with Crippen LogP contribution in [0.1, 0.15) is 37.0 Å². The van der Waals surface area contributed by atoms with Crippen molar-refractivity contribution in [3.8, 4) is 23.1 Å². The molecule has 0 saturated heterocycles. The fourth-order valence-electron chi connectivity index (χ4n) is 2.12. The first-order valence-electron chi connectivity index (χ1n) is 7.47. The van der Waals surface area contributed by atoms with Gasteiger partial charge in [0.15, 0.2) is 5.89 Å². The van der Waals surface area contributed by atoms with Gasteiger partial charge in [0.25, 0.3) is 0 Å². The van der Waals surface area contributed by atoms with Crippen LogP contribution in [0.15, 0.2) is 59.0 Å². The average Bonchev–Trinajstić information content (AvgIpc) is 3.00. The first-order valence-corrected chi connectivity index (χ1v) is 7.85. The number of rotatable bonds is 2. The van der Waals surface area contributed by atoms with Gasteiger partial charge in [-0.1, -0.05) is 61.7 Å². The van der Waals surface area contributed by atoms with E-state index in [4.69, 9.17) is 16.0 Å². The van der Waals surface area contributed by atoms with E-state index in [2.05, 4.69) is 30.7 Å². The van der Waals surface area contributed by atoms with Crippen LogP contribution in [0.25, 0.3) is 11.3 Å². The van der Waals surface area contributed by atoms with E-state index in [1.165, 1.54) is 0 Å². The van der Waals surface area contributed by atoms with Gasteiger partial charge in [0, 0.05) is 22.1 Å². The first kappa shape index (κ1) is 15.4. The van der Waals surface area contributed by atoms with Gasteiger partial charge < -0.3 is 4.42 Å². The van der Waals surface area contributed by atoms with Crippen LogP contribution in [0.5, 0.6) is 0 Å². The molecule has 0 radical (unpaired) electrons. The summed E-state index contributed by atoms with van der Waals surface area (Å²) in [5.41, 5.74) is 2.68. The third-order valence-corrected chi connectivity index (χ3v) is 3.60. The highest BCUT2D eigenvalue weighted by molar-refractivity contribution is 6.30. The van der Waals surface area contributed by atoms with Gasteiger partial charge in [0.05, 0.1) is 0 Å². The summed E-state index contributed by atoms with van der Waals surface area (Å²) in [7, 11) is 0. The number of hydrogen-bond donors (Lipinski definition) is 0. The zero-order chi connectivity index (χ0) is 16.2. The number of hydrogen-bond acceptors (Lipinski definition) is 2. The van der Waals surface area contributed by atoms with Crippen LogP contribution in [-0.2, 0) is 0 Å². The second-order valence-corrected chi connectivity index (χ2v) is 5.94. The van der Waals surface area contributed by atoms with Crippen molar-refractivity contribution in [2.75, 3.05) is 0 Å². The first-order chi connectivity index (χ1) is 11.1. The summed E-state index contributed by atoms with van der Waals surface area (Å²) in [6, 6.07) is 17.4. The molecule has 1 heterocycles. The molecule has 23 heavy (non-hydrogen) atoms. The lowest BCUT2D eigenvalue weighted by atomic mass is 10.1. The van der Waals surface area contributed by atoms with Crippen molar-refractivity contribution in [3.05, 3.63) is 76.8 Å². The second-order valence-electron chi connectivity index (χ2n) is 5.51. The van der Waals surface area contributed by atoms with E-state index < -0.39 is 0 Å². The molecule has 3 rings (SSSR count). The third kappa shape index (κ3) is 3.64. The fraction of sp³-hybridized carbons (Fsp3) is 0.150. The van der Waals surface area contributed by atoms with E-state index in [0.717, 1.165) is 16.8 Å². The van der Waals surface area contributed by atoms with E-state index in [9.17, 15) is 0 Å². The minimum absolute atomic E-state index is 0.212. The average molecular weight is 322 g/mol. The van der Waals surface area contributed by atoms with Crippen molar-refractivity contribution >= 4 is 11.6 Å². The quantitative estimate of drug-likeness (QED) is 0.581. The molecule has 2 aromatic carbocycles. The third-order valence-electron chi connectivity index (χ3n) is 3.35. The molecule has 2 nitrogen and oxygen atoms in total. The Balaban J connectivity index is 2.03. The Morgan fingerprint density at radius 1 is 0.957 bits per heavy atom. The predicted octanol–water partition coefficient (Wildman–Crippen LogP) is 5.52. The van der Waals surface area contributed by atoms with Gasteiger partial charge >= 0.3 is 0 Å². The Bertz CT molecular complexity index is 852. The Hall–Kier alpha value is -2.50. The summed E-state index contributed by atoms with van der Waals surface area (Å²) in [6.07, 6.45) is 0. The molecule has 0 unspecified atom stereocenters. The van der Waals surface area contributed by atoms with Gasteiger partial charge in [0.1, 0.15) is 5.69 Å². The molecule has 3 heteroatoms. The van der Waals surface area contributed by atoms with Gasteiger partial charge in [-0.3, -0.25) is 0 Å². The van der Waals surface area contributed by atoms with E-state index >= 15 is 0 Å². The molecule has 0 aliphatic heterocycles. The summed E-state index contributed by atoms with van der Waals surface area (Å²) in [5.74, 6) is 7.71. The molecule has 1 aromatic heterocycles. The lowest BCUT2D eigenvalue weighted by Gasteiger charge is -1.95. The highest BCUT2D eigenvalue weighted by atomic mass is 35.5. The zero-order valence-corrected chi connectivity index (χ0v) is 13.8. The van der Waals surface area contributed by atoms with Crippen molar-refractivity contribution in [3.63, 3.8) is 0 Å². The maximum Gasteiger partial charge on any atom is 0.205 e. The largest absolute Gasteiger partial charge is 0.431 e. The van der Waals surface area contributed by atoms with Crippen LogP contribution in [0.4, 0.5) is 0 Å². The van der Waals surface area contributed by atoms with Crippen LogP contribution in [0.3, 0.4) is 0 Å². The molecular formula is C20H16ClNO. The van der Waals surface area contributed by atoms with E-state index in [-0.39, 0.29) is 5.92 Å². The summed E-state index contributed by atoms with van der Waals surface area (Å²) in [4.78, 5) is 4.62. The molecule has 0 aliphatic carbocycles. The summed E-state index contributed by atoms with van der Waals surface area (Å²) in [5, 5.41) is 0.697. The van der Waals surface area contributed by atoms with Crippen molar-refractivity contribution in [2.24, 2.45) is 0 Å². The number of aromatic nitrogens is 1. The van der Waals surface area contributed by atoms with Crippen molar-refractivity contribution in [1.82, 2.24) is 4.98 Å². The Morgan fingerprint density at radius 3 is 2.30 bits per heavy atom. The van der Waals surface area contributed by atoms with E-state index in [1.54, 1.807) is 0 Å². The molecule has 114 valence electrons. The molecule has 0 atom stereocenters. The monoisotopic (exact) mass is 321 g/mol.